The van der Waals surface area contributed by atoms with Crippen molar-refractivity contribution in [1.82, 2.24) is 9.38 Å². The van der Waals surface area contributed by atoms with Crippen molar-refractivity contribution in [2.45, 2.75) is 13.3 Å². The lowest BCUT2D eigenvalue weighted by Crippen LogP contribution is -2.13. The molecule has 0 aliphatic heterocycles. The number of anilines is 1. The standard InChI is InChI=1S/C18H19N3O3/c1-4-16-20-17(13-7-5-6-10-21(13)16)18(22)19-12-8-9-14(23-2)15(11-12)24-3/h5-11H,4H2,1-3H3,(H,19,22). The zero-order valence-electron chi connectivity index (χ0n) is 13.9. The topological polar surface area (TPSA) is 64.9 Å². The first-order chi connectivity index (χ1) is 11.7. The number of hydrogen-bond donors (Lipinski definition) is 1. The first-order valence-corrected chi connectivity index (χ1v) is 7.67. The van der Waals surface area contributed by atoms with Crippen LogP contribution in [0.4, 0.5) is 5.69 Å². The number of aromatic nitrogens is 2. The number of hydrogen-bond acceptors (Lipinski definition) is 4. The van der Waals surface area contributed by atoms with Crippen LogP contribution < -0.4 is 14.8 Å². The maximum absolute atomic E-state index is 12.7. The monoisotopic (exact) mass is 325 g/mol. The molecule has 24 heavy (non-hydrogen) atoms. The van der Waals surface area contributed by atoms with Gasteiger partial charge < -0.3 is 19.2 Å². The highest BCUT2D eigenvalue weighted by atomic mass is 16.5. The first kappa shape index (κ1) is 15.9. The van der Waals surface area contributed by atoms with E-state index in [2.05, 4.69) is 10.3 Å². The quantitative estimate of drug-likeness (QED) is 0.782. The fourth-order valence-electron chi connectivity index (χ4n) is 2.62. The van der Waals surface area contributed by atoms with Gasteiger partial charge in [0, 0.05) is 24.4 Å². The van der Waals surface area contributed by atoms with Crippen LogP contribution >= 0.6 is 0 Å². The third-order valence-electron chi connectivity index (χ3n) is 3.79. The molecule has 2 heterocycles. The van der Waals surface area contributed by atoms with Crippen molar-refractivity contribution in [3.8, 4) is 11.5 Å². The van der Waals surface area contributed by atoms with E-state index in [0.717, 1.165) is 17.8 Å². The smallest absolute Gasteiger partial charge is 0.276 e. The zero-order valence-corrected chi connectivity index (χ0v) is 13.9. The average Bonchev–Trinajstić information content (AvgIpc) is 3.00. The number of benzene rings is 1. The minimum absolute atomic E-state index is 0.259. The van der Waals surface area contributed by atoms with E-state index in [1.54, 1.807) is 32.4 Å². The van der Waals surface area contributed by atoms with Gasteiger partial charge in [-0.25, -0.2) is 4.98 Å². The minimum atomic E-state index is -0.259. The largest absolute Gasteiger partial charge is 0.493 e. The summed E-state index contributed by atoms with van der Waals surface area (Å²) in [6, 6.07) is 10.9. The Morgan fingerprint density at radius 1 is 1.17 bits per heavy atom. The molecule has 0 atom stereocenters. The lowest BCUT2D eigenvalue weighted by atomic mass is 10.2. The maximum Gasteiger partial charge on any atom is 0.276 e. The number of ether oxygens (including phenoxy) is 2. The Labute approximate surface area is 140 Å². The molecule has 0 aliphatic rings. The van der Waals surface area contributed by atoms with Gasteiger partial charge in [0.2, 0.25) is 0 Å². The second-order valence-corrected chi connectivity index (χ2v) is 5.21. The van der Waals surface area contributed by atoms with Crippen LogP contribution in [-0.2, 0) is 6.42 Å². The Balaban J connectivity index is 1.93. The summed E-state index contributed by atoms with van der Waals surface area (Å²) in [6.45, 7) is 2.01. The number of methoxy groups -OCH3 is 2. The molecule has 0 saturated heterocycles. The highest BCUT2D eigenvalue weighted by molar-refractivity contribution is 6.07. The van der Waals surface area contributed by atoms with Crippen molar-refractivity contribution in [2.24, 2.45) is 0 Å². The number of aryl methyl sites for hydroxylation is 1. The average molecular weight is 325 g/mol. The second-order valence-electron chi connectivity index (χ2n) is 5.21. The van der Waals surface area contributed by atoms with Crippen molar-refractivity contribution in [1.29, 1.82) is 0 Å². The van der Waals surface area contributed by atoms with Gasteiger partial charge in [0.25, 0.3) is 5.91 Å². The Hall–Kier alpha value is -3.02. The summed E-state index contributed by atoms with van der Waals surface area (Å²) in [5, 5.41) is 2.86. The van der Waals surface area contributed by atoms with E-state index in [9.17, 15) is 4.79 Å². The summed E-state index contributed by atoms with van der Waals surface area (Å²) in [5.41, 5.74) is 1.81. The molecule has 6 nitrogen and oxygen atoms in total. The third-order valence-corrected chi connectivity index (χ3v) is 3.79. The molecule has 0 aliphatic carbocycles. The molecule has 3 rings (SSSR count). The number of nitrogens with zero attached hydrogens (tertiary/aromatic N) is 2. The lowest BCUT2D eigenvalue weighted by Gasteiger charge is -2.10. The van der Waals surface area contributed by atoms with E-state index in [4.69, 9.17) is 9.47 Å². The van der Waals surface area contributed by atoms with Gasteiger partial charge in [-0.2, -0.15) is 0 Å². The summed E-state index contributed by atoms with van der Waals surface area (Å²) < 4.78 is 12.4. The molecular weight excluding hydrogens is 306 g/mol. The fraction of sp³-hybridized carbons (Fsp3) is 0.222. The lowest BCUT2D eigenvalue weighted by molar-refractivity contribution is 0.102. The van der Waals surface area contributed by atoms with E-state index in [1.165, 1.54) is 0 Å². The molecule has 0 saturated carbocycles. The van der Waals surface area contributed by atoms with Gasteiger partial charge >= 0.3 is 0 Å². The van der Waals surface area contributed by atoms with Crippen molar-refractivity contribution < 1.29 is 14.3 Å². The number of pyridine rings is 1. The van der Waals surface area contributed by atoms with Crippen LogP contribution in [0.2, 0.25) is 0 Å². The predicted octanol–water partition coefficient (Wildman–Crippen LogP) is 3.17. The van der Waals surface area contributed by atoms with Gasteiger partial charge in [0.1, 0.15) is 5.82 Å². The van der Waals surface area contributed by atoms with Gasteiger partial charge in [0.15, 0.2) is 17.2 Å². The van der Waals surface area contributed by atoms with Crippen LogP contribution in [0.25, 0.3) is 5.52 Å². The molecule has 6 heteroatoms. The van der Waals surface area contributed by atoms with E-state index in [1.807, 2.05) is 35.7 Å². The van der Waals surface area contributed by atoms with Crippen molar-refractivity contribution in [3.05, 3.63) is 54.1 Å². The maximum atomic E-state index is 12.7. The van der Waals surface area contributed by atoms with Crippen LogP contribution in [0.3, 0.4) is 0 Å². The van der Waals surface area contributed by atoms with E-state index >= 15 is 0 Å². The number of fused-ring (bicyclic) bond motifs is 1. The second kappa shape index (κ2) is 6.62. The van der Waals surface area contributed by atoms with E-state index < -0.39 is 0 Å². The first-order valence-electron chi connectivity index (χ1n) is 7.67. The van der Waals surface area contributed by atoms with Crippen LogP contribution in [0, 0.1) is 0 Å². The molecule has 2 aromatic heterocycles. The van der Waals surface area contributed by atoms with E-state index in [-0.39, 0.29) is 5.91 Å². The molecule has 1 N–H and O–H groups in total. The van der Waals surface area contributed by atoms with E-state index in [0.29, 0.717) is 22.9 Å². The number of rotatable bonds is 5. The molecule has 124 valence electrons. The minimum Gasteiger partial charge on any atom is -0.493 e. The molecule has 0 unspecified atom stereocenters. The number of nitrogens with one attached hydrogen (secondary N) is 1. The number of imidazole rings is 1. The highest BCUT2D eigenvalue weighted by Gasteiger charge is 2.17. The molecule has 0 radical (unpaired) electrons. The Morgan fingerprint density at radius 3 is 2.67 bits per heavy atom. The summed E-state index contributed by atoms with van der Waals surface area (Å²) in [7, 11) is 3.12. The number of amides is 1. The highest BCUT2D eigenvalue weighted by Crippen LogP contribution is 2.30. The fourth-order valence-corrected chi connectivity index (χ4v) is 2.62. The zero-order chi connectivity index (χ0) is 17.1. The van der Waals surface area contributed by atoms with Crippen LogP contribution in [-0.4, -0.2) is 29.5 Å². The van der Waals surface area contributed by atoms with Crippen LogP contribution in [0.1, 0.15) is 23.2 Å². The summed E-state index contributed by atoms with van der Waals surface area (Å²) in [5.74, 6) is 1.75. The molecule has 1 aromatic carbocycles. The van der Waals surface area contributed by atoms with Gasteiger partial charge in [0.05, 0.1) is 19.7 Å². The molecule has 1 amide bonds. The van der Waals surface area contributed by atoms with Gasteiger partial charge in [-0.05, 0) is 24.3 Å². The number of carbonyl (C=O) groups excluding carboxylic acids is 1. The molecule has 0 fully saturated rings. The third kappa shape index (κ3) is 2.78. The van der Waals surface area contributed by atoms with Gasteiger partial charge in [-0.15, -0.1) is 0 Å². The Kier molecular flexibility index (Phi) is 4.37. The normalized spacial score (nSPS) is 10.6. The summed E-state index contributed by atoms with van der Waals surface area (Å²) in [4.78, 5) is 17.1. The summed E-state index contributed by atoms with van der Waals surface area (Å²) >= 11 is 0. The van der Waals surface area contributed by atoms with Crippen molar-refractivity contribution in [2.75, 3.05) is 19.5 Å². The summed E-state index contributed by atoms with van der Waals surface area (Å²) in [6.07, 6.45) is 2.66. The van der Waals surface area contributed by atoms with Gasteiger partial charge in [-0.1, -0.05) is 13.0 Å². The van der Waals surface area contributed by atoms with Crippen LogP contribution in [0.15, 0.2) is 42.6 Å². The van der Waals surface area contributed by atoms with Crippen molar-refractivity contribution >= 4 is 17.1 Å². The molecule has 0 spiro atoms. The molecule has 0 bridgehead atoms. The molecular formula is C18H19N3O3. The Bertz CT molecular complexity index is 886. The predicted molar refractivity (Wildman–Crippen MR) is 92.1 cm³/mol. The Morgan fingerprint density at radius 2 is 1.96 bits per heavy atom. The SMILES string of the molecule is CCc1nc(C(=O)Nc2ccc(OC)c(OC)c2)c2ccccn12. The number of carbonyl (C=O) groups is 1. The van der Waals surface area contributed by atoms with Crippen LogP contribution in [0.5, 0.6) is 11.5 Å². The molecule has 3 aromatic rings. The van der Waals surface area contributed by atoms with Gasteiger partial charge in [-0.3, -0.25) is 4.79 Å². The van der Waals surface area contributed by atoms with Crippen molar-refractivity contribution in [3.63, 3.8) is 0 Å².